The number of ether oxygens (including phenoxy) is 1. The largest absolute Gasteiger partial charge is 0.481 e. The monoisotopic (exact) mass is 175 g/mol. The molecule has 0 rings (SSSR count). The fraction of sp³-hybridized carbons (Fsp3) is 0.714. The van der Waals surface area contributed by atoms with Crippen molar-refractivity contribution < 1.29 is 19.4 Å². The van der Waals surface area contributed by atoms with Crippen molar-refractivity contribution in [3.05, 3.63) is 0 Å². The van der Waals surface area contributed by atoms with E-state index in [0.717, 1.165) is 0 Å². The van der Waals surface area contributed by atoms with Crippen LogP contribution < -0.4 is 5.32 Å². The number of carbonyl (C=O) groups excluding carboxylic acids is 1. The van der Waals surface area contributed by atoms with Crippen LogP contribution in [0.3, 0.4) is 0 Å². The first-order chi connectivity index (χ1) is 5.63. The molecule has 0 amide bonds. The predicted octanol–water partition coefficient (Wildman–Crippen LogP) is -0.386. The molecule has 12 heavy (non-hydrogen) atoms. The van der Waals surface area contributed by atoms with Crippen molar-refractivity contribution in [3.63, 3.8) is 0 Å². The van der Waals surface area contributed by atoms with Crippen molar-refractivity contribution in [3.8, 4) is 0 Å². The maximum atomic E-state index is 10.2. The van der Waals surface area contributed by atoms with E-state index in [9.17, 15) is 9.59 Å². The van der Waals surface area contributed by atoms with E-state index in [1.807, 2.05) is 0 Å². The number of nitrogens with one attached hydrogen (secondary N) is 1. The Balaban J connectivity index is 3.01. The molecule has 0 heterocycles. The van der Waals surface area contributed by atoms with Crippen LogP contribution in [0, 0.1) is 0 Å². The topological polar surface area (TPSA) is 75.6 Å². The fourth-order valence-electron chi connectivity index (χ4n) is 0.587. The maximum Gasteiger partial charge on any atom is 0.304 e. The Morgan fingerprint density at radius 3 is 2.58 bits per heavy atom. The Bertz CT molecular complexity index is 139. The molecular formula is C7H13NO4. The molecule has 0 aliphatic carbocycles. The summed E-state index contributed by atoms with van der Waals surface area (Å²) in [5, 5.41) is 11.0. The van der Waals surface area contributed by atoms with Gasteiger partial charge in [0.15, 0.2) is 0 Å². The van der Waals surface area contributed by atoms with Crippen molar-refractivity contribution in [2.45, 2.75) is 13.3 Å². The molecule has 0 radical (unpaired) electrons. The van der Waals surface area contributed by atoms with Crippen LogP contribution in [0.25, 0.3) is 0 Å². The van der Waals surface area contributed by atoms with Crippen LogP contribution >= 0.6 is 0 Å². The molecule has 5 heteroatoms. The Hall–Kier alpha value is -1.10. The fourth-order valence-corrected chi connectivity index (χ4v) is 0.587. The molecule has 0 spiro atoms. The van der Waals surface area contributed by atoms with E-state index in [-0.39, 0.29) is 19.0 Å². The highest BCUT2D eigenvalue weighted by Crippen LogP contribution is 1.76. The highest BCUT2D eigenvalue weighted by atomic mass is 16.5. The second-order valence-corrected chi connectivity index (χ2v) is 2.23. The van der Waals surface area contributed by atoms with Crippen LogP contribution in [0.15, 0.2) is 0 Å². The summed E-state index contributed by atoms with van der Waals surface area (Å²) in [5.41, 5.74) is 0. The van der Waals surface area contributed by atoms with Gasteiger partial charge in [-0.2, -0.15) is 0 Å². The molecule has 0 aliphatic heterocycles. The average molecular weight is 175 g/mol. The summed E-state index contributed by atoms with van der Waals surface area (Å²) in [6, 6.07) is 0. The van der Waals surface area contributed by atoms with E-state index in [2.05, 4.69) is 10.1 Å². The van der Waals surface area contributed by atoms with Crippen LogP contribution in [0.2, 0.25) is 0 Å². The minimum Gasteiger partial charge on any atom is -0.481 e. The van der Waals surface area contributed by atoms with Gasteiger partial charge in [0.1, 0.15) is 6.61 Å². The number of aliphatic carboxylic acids is 1. The zero-order chi connectivity index (χ0) is 9.40. The first-order valence-electron chi connectivity index (χ1n) is 3.69. The van der Waals surface area contributed by atoms with E-state index in [4.69, 9.17) is 5.11 Å². The second-order valence-electron chi connectivity index (χ2n) is 2.23. The van der Waals surface area contributed by atoms with E-state index < -0.39 is 5.97 Å². The molecule has 0 aliphatic rings. The zero-order valence-electron chi connectivity index (χ0n) is 7.00. The SMILES string of the molecule is CC(=O)OCCNCCC(=O)O. The first kappa shape index (κ1) is 10.9. The molecule has 5 nitrogen and oxygen atoms in total. The molecule has 0 aromatic rings. The number of hydrogen-bond acceptors (Lipinski definition) is 4. The summed E-state index contributed by atoms with van der Waals surface area (Å²) in [4.78, 5) is 20.3. The van der Waals surface area contributed by atoms with Gasteiger partial charge in [-0.25, -0.2) is 0 Å². The Labute approximate surface area is 70.7 Å². The molecule has 0 saturated carbocycles. The van der Waals surface area contributed by atoms with Gasteiger partial charge >= 0.3 is 11.9 Å². The molecule has 0 aromatic carbocycles. The van der Waals surface area contributed by atoms with Crippen LogP contribution in [0.5, 0.6) is 0 Å². The molecule has 2 N–H and O–H groups in total. The third-order valence-electron chi connectivity index (χ3n) is 1.10. The number of rotatable bonds is 6. The van der Waals surface area contributed by atoms with Gasteiger partial charge in [-0.05, 0) is 0 Å². The lowest BCUT2D eigenvalue weighted by Crippen LogP contribution is -2.23. The lowest BCUT2D eigenvalue weighted by Gasteiger charge is -2.02. The molecule has 0 bridgehead atoms. The van der Waals surface area contributed by atoms with Gasteiger partial charge < -0.3 is 15.2 Å². The van der Waals surface area contributed by atoms with Gasteiger partial charge in [0.25, 0.3) is 0 Å². The minimum atomic E-state index is -0.838. The zero-order valence-corrected chi connectivity index (χ0v) is 7.00. The molecule has 0 aromatic heterocycles. The minimum absolute atomic E-state index is 0.0834. The average Bonchev–Trinajstić information content (AvgIpc) is 1.95. The Morgan fingerprint density at radius 1 is 1.42 bits per heavy atom. The van der Waals surface area contributed by atoms with Crippen LogP contribution in [-0.2, 0) is 14.3 Å². The third kappa shape index (κ3) is 8.90. The standard InChI is InChI=1S/C7H13NO4/c1-6(9)12-5-4-8-3-2-7(10)11/h8H,2-5H2,1H3,(H,10,11). The van der Waals surface area contributed by atoms with Gasteiger partial charge in [0, 0.05) is 20.0 Å². The number of carbonyl (C=O) groups is 2. The normalized spacial score (nSPS) is 9.42. The van der Waals surface area contributed by atoms with Crippen molar-refractivity contribution in [1.82, 2.24) is 5.32 Å². The number of carboxylic acids is 1. The van der Waals surface area contributed by atoms with Crippen LogP contribution in [0.4, 0.5) is 0 Å². The summed E-state index contributed by atoms with van der Waals surface area (Å²) >= 11 is 0. The van der Waals surface area contributed by atoms with Crippen LogP contribution in [0.1, 0.15) is 13.3 Å². The summed E-state index contributed by atoms with van der Waals surface area (Å²) in [6.07, 6.45) is 0.0834. The molecule has 0 unspecified atom stereocenters. The summed E-state index contributed by atoms with van der Waals surface area (Å²) < 4.78 is 4.60. The summed E-state index contributed by atoms with van der Waals surface area (Å²) in [6.45, 7) is 2.51. The van der Waals surface area contributed by atoms with Crippen molar-refractivity contribution in [2.75, 3.05) is 19.7 Å². The van der Waals surface area contributed by atoms with Gasteiger partial charge in [-0.15, -0.1) is 0 Å². The number of carboxylic acid groups (broad SMARTS) is 1. The molecule has 0 fully saturated rings. The smallest absolute Gasteiger partial charge is 0.304 e. The summed E-state index contributed by atoms with van der Waals surface area (Å²) in [7, 11) is 0. The quantitative estimate of drug-likeness (QED) is 0.425. The van der Waals surface area contributed by atoms with Gasteiger partial charge in [-0.3, -0.25) is 9.59 Å². The lowest BCUT2D eigenvalue weighted by atomic mass is 10.4. The van der Waals surface area contributed by atoms with Crippen molar-refractivity contribution in [2.24, 2.45) is 0 Å². The maximum absolute atomic E-state index is 10.2. The first-order valence-corrected chi connectivity index (χ1v) is 3.69. The highest BCUT2D eigenvalue weighted by Gasteiger charge is 1.95. The van der Waals surface area contributed by atoms with Crippen molar-refractivity contribution >= 4 is 11.9 Å². The predicted molar refractivity (Wildman–Crippen MR) is 41.8 cm³/mol. The highest BCUT2D eigenvalue weighted by molar-refractivity contribution is 5.66. The van der Waals surface area contributed by atoms with Gasteiger partial charge in [0.2, 0.25) is 0 Å². The number of hydrogen-bond donors (Lipinski definition) is 2. The van der Waals surface area contributed by atoms with Crippen molar-refractivity contribution in [1.29, 1.82) is 0 Å². The molecular weight excluding hydrogens is 162 g/mol. The third-order valence-corrected chi connectivity index (χ3v) is 1.10. The Kier molecular flexibility index (Phi) is 6.00. The lowest BCUT2D eigenvalue weighted by molar-refractivity contribution is -0.141. The molecule has 70 valence electrons. The van der Waals surface area contributed by atoms with E-state index in [1.165, 1.54) is 6.92 Å². The Morgan fingerprint density at radius 2 is 2.08 bits per heavy atom. The molecule has 0 atom stereocenters. The molecule has 0 saturated heterocycles. The number of esters is 1. The van der Waals surface area contributed by atoms with E-state index >= 15 is 0 Å². The summed E-state index contributed by atoms with van der Waals surface area (Å²) in [5.74, 6) is -1.16. The van der Waals surface area contributed by atoms with E-state index in [1.54, 1.807) is 0 Å². The second kappa shape index (κ2) is 6.60. The van der Waals surface area contributed by atoms with E-state index in [0.29, 0.717) is 13.1 Å². The van der Waals surface area contributed by atoms with Gasteiger partial charge in [0.05, 0.1) is 6.42 Å². The van der Waals surface area contributed by atoms with Crippen LogP contribution in [-0.4, -0.2) is 36.7 Å². The van der Waals surface area contributed by atoms with Gasteiger partial charge in [-0.1, -0.05) is 0 Å².